The van der Waals surface area contributed by atoms with Gasteiger partial charge in [-0.3, -0.25) is 14.4 Å². The monoisotopic (exact) mass is 1090 g/mol. The van der Waals surface area contributed by atoms with Crippen molar-refractivity contribution < 1.29 is 28.6 Å². The van der Waals surface area contributed by atoms with Crippen LogP contribution < -0.4 is 0 Å². The van der Waals surface area contributed by atoms with Gasteiger partial charge < -0.3 is 14.2 Å². The van der Waals surface area contributed by atoms with Gasteiger partial charge in [0.05, 0.1) is 0 Å². The average molecular weight is 1090 g/mol. The molecule has 6 heteroatoms. The molecular weight excluding hydrogens is 973 g/mol. The number of rotatable bonds is 57. The Morgan fingerprint density at radius 3 is 0.823 bits per heavy atom. The van der Waals surface area contributed by atoms with E-state index in [-0.39, 0.29) is 31.1 Å². The number of ether oxygens (including phenoxy) is 3. The third kappa shape index (κ3) is 64.0. The maximum absolute atomic E-state index is 12.9. The minimum absolute atomic E-state index is 0.103. The smallest absolute Gasteiger partial charge is 0.306 e. The minimum atomic E-state index is -0.809. The van der Waals surface area contributed by atoms with Crippen LogP contribution in [-0.4, -0.2) is 37.2 Å². The molecule has 6 nitrogen and oxygen atoms in total. The molecule has 0 radical (unpaired) electrons. The Morgan fingerprint density at radius 1 is 0.266 bits per heavy atom. The lowest BCUT2D eigenvalue weighted by Crippen LogP contribution is -2.30. The molecule has 0 fully saturated rings. The van der Waals surface area contributed by atoms with E-state index in [1.807, 2.05) is 0 Å². The first-order valence-electron chi connectivity index (χ1n) is 32.3. The fourth-order valence-electron chi connectivity index (χ4n) is 8.46. The summed E-state index contributed by atoms with van der Waals surface area (Å²) in [7, 11) is 0. The van der Waals surface area contributed by atoms with Gasteiger partial charge in [-0.2, -0.15) is 0 Å². The van der Waals surface area contributed by atoms with E-state index in [4.69, 9.17) is 14.2 Å². The lowest BCUT2D eigenvalue weighted by molar-refractivity contribution is -0.167. The highest BCUT2D eigenvalue weighted by Crippen LogP contribution is 2.14. The molecule has 0 amide bonds. The summed E-state index contributed by atoms with van der Waals surface area (Å²) in [4.78, 5) is 38.3. The summed E-state index contributed by atoms with van der Waals surface area (Å²) >= 11 is 0. The van der Waals surface area contributed by atoms with Gasteiger partial charge in [0.25, 0.3) is 0 Å². The summed E-state index contributed by atoms with van der Waals surface area (Å²) in [6.07, 6.45) is 94.2. The molecule has 0 rings (SSSR count). The number of carbonyl (C=O) groups excluding carboxylic acids is 3. The number of hydrogen-bond acceptors (Lipinski definition) is 6. The molecule has 0 aliphatic heterocycles. The normalized spacial score (nSPS) is 13.1. The fraction of sp³-hybridized carbons (Fsp3) is 0.630. The molecule has 0 bridgehead atoms. The van der Waals surface area contributed by atoms with E-state index in [1.54, 1.807) is 0 Å². The summed E-state index contributed by atoms with van der Waals surface area (Å²) in [6.45, 7) is 6.45. The standard InChI is InChI=1S/C73H118O6/c1-4-7-10-13-16-19-22-25-28-29-30-31-32-33-34-35-36-37-38-39-40-41-42-43-46-48-51-54-57-60-63-66-72(75)78-69-70(79-73(76)67-64-61-58-55-52-49-45-27-24-21-18-15-12-9-6-3)68-77-71(74)65-62-59-56-53-50-47-44-26-23-20-17-14-11-8-5-2/h7,10,16,18-19,21,25-28,30-31,33-34,36-37,39-40,42-45,48,51,70H,4-6,8-9,11-15,17,20,22-24,29,32,35,38,41,46-47,49-50,52-69H2,1-3H3/b10-7-,19-16-,21-18-,28-25-,31-30-,34-33-,37-36-,40-39-,43-42-,44-26-,45-27-,51-48-. The Labute approximate surface area is 487 Å². The van der Waals surface area contributed by atoms with Gasteiger partial charge in [0.2, 0.25) is 0 Å². The maximum atomic E-state index is 12.9. The molecule has 0 saturated carbocycles. The van der Waals surface area contributed by atoms with Crippen LogP contribution in [0.15, 0.2) is 146 Å². The van der Waals surface area contributed by atoms with Crippen LogP contribution >= 0.6 is 0 Å². The van der Waals surface area contributed by atoms with Gasteiger partial charge in [-0.25, -0.2) is 0 Å². The molecule has 446 valence electrons. The molecule has 1 atom stereocenters. The van der Waals surface area contributed by atoms with Gasteiger partial charge in [-0.05, 0) is 148 Å². The van der Waals surface area contributed by atoms with Crippen molar-refractivity contribution in [1.82, 2.24) is 0 Å². The van der Waals surface area contributed by atoms with E-state index in [0.29, 0.717) is 19.3 Å². The van der Waals surface area contributed by atoms with Crippen LogP contribution in [-0.2, 0) is 28.6 Å². The molecule has 1 unspecified atom stereocenters. The zero-order chi connectivity index (χ0) is 57.1. The third-order valence-corrected chi connectivity index (χ3v) is 13.3. The molecule has 79 heavy (non-hydrogen) atoms. The van der Waals surface area contributed by atoms with E-state index in [0.717, 1.165) is 161 Å². The van der Waals surface area contributed by atoms with Crippen molar-refractivity contribution in [3.8, 4) is 0 Å². The summed E-state index contributed by atoms with van der Waals surface area (Å²) in [5.74, 6) is -0.959. The van der Waals surface area contributed by atoms with Crippen molar-refractivity contribution in [2.24, 2.45) is 0 Å². The molecule has 0 aromatic rings. The van der Waals surface area contributed by atoms with E-state index >= 15 is 0 Å². The van der Waals surface area contributed by atoms with Crippen LogP contribution in [0.4, 0.5) is 0 Å². The molecule has 0 aliphatic rings. The molecule has 0 N–H and O–H groups in total. The second kappa shape index (κ2) is 65.8. The Kier molecular flexibility index (Phi) is 61.9. The van der Waals surface area contributed by atoms with Crippen LogP contribution in [0.25, 0.3) is 0 Å². The molecule has 0 aromatic carbocycles. The van der Waals surface area contributed by atoms with Gasteiger partial charge in [0.15, 0.2) is 6.10 Å². The first kappa shape index (κ1) is 74.3. The Morgan fingerprint density at radius 2 is 0.494 bits per heavy atom. The first-order valence-corrected chi connectivity index (χ1v) is 32.3. The van der Waals surface area contributed by atoms with Gasteiger partial charge in [0, 0.05) is 19.3 Å². The number of hydrogen-bond donors (Lipinski definition) is 0. The quantitative estimate of drug-likeness (QED) is 0.0261. The lowest BCUT2D eigenvalue weighted by Gasteiger charge is -2.18. The number of esters is 3. The molecule has 0 spiro atoms. The lowest BCUT2D eigenvalue weighted by atomic mass is 10.1. The zero-order valence-electron chi connectivity index (χ0n) is 51.1. The Balaban J connectivity index is 4.42. The highest BCUT2D eigenvalue weighted by atomic mass is 16.6. The van der Waals surface area contributed by atoms with E-state index in [9.17, 15) is 14.4 Å². The topological polar surface area (TPSA) is 78.9 Å². The maximum Gasteiger partial charge on any atom is 0.306 e. The number of carbonyl (C=O) groups is 3. The van der Waals surface area contributed by atoms with Gasteiger partial charge >= 0.3 is 17.9 Å². The van der Waals surface area contributed by atoms with Crippen molar-refractivity contribution in [2.75, 3.05) is 13.2 Å². The summed E-state index contributed by atoms with van der Waals surface area (Å²) in [6, 6.07) is 0. The van der Waals surface area contributed by atoms with E-state index in [2.05, 4.69) is 167 Å². The molecule has 0 saturated heterocycles. The minimum Gasteiger partial charge on any atom is -0.462 e. The SMILES string of the molecule is CC/C=C\C/C=C\C/C=C\C/C=C\C/C=C\C/C=C\C/C=C\C/C=C\C/C=C\CCCCCC(=O)OCC(COC(=O)CCCCCCC/C=C\CCCCCCCC)OC(=O)CCCCCCC/C=C\C/C=C\CCCCC. The van der Waals surface area contributed by atoms with Crippen LogP contribution in [0.3, 0.4) is 0 Å². The predicted molar refractivity (Wildman–Crippen MR) is 343 cm³/mol. The number of unbranched alkanes of at least 4 members (excludes halogenated alkanes) is 22. The van der Waals surface area contributed by atoms with Crippen LogP contribution in [0.2, 0.25) is 0 Å². The second-order valence-corrected chi connectivity index (χ2v) is 20.9. The fourth-order valence-corrected chi connectivity index (χ4v) is 8.46. The van der Waals surface area contributed by atoms with Crippen LogP contribution in [0.5, 0.6) is 0 Å². The number of allylic oxidation sites excluding steroid dienone is 24. The predicted octanol–water partition coefficient (Wildman–Crippen LogP) is 22.3. The van der Waals surface area contributed by atoms with Gasteiger partial charge in [-0.15, -0.1) is 0 Å². The van der Waals surface area contributed by atoms with Crippen LogP contribution in [0.1, 0.15) is 278 Å². The Hall–Kier alpha value is -4.71. The largest absolute Gasteiger partial charge is 0.462 e. The van der Waals surface area contributed by atoms with Crippen molar-refractivity contribution >= 4 is 17.9 Å². The second-order valence-electron chi connectivity index (χ2n) is 20.9. The van der Waals surface area contributed by atoms with Crippen molar-refractivity contribution in [1.29, 1.82) is 0 Å². The van der Waals surface area contributed by atoms with Crippen LogP contribution in [0, 0.1) is 0 Å². The van der Waals surface area contributed by atoms with Gasteiger partial charge in [-0.1, -0.05) is 256 Å². The molecular formula is C73H118O6. The third-order valence-electron chi connectivity index (χ3n) is 13.3. The Bertz CT molecular complexity index is 1730. The highest BCUT2D eigenvalue weighted by molar-refractivity contribution is 5.71. The molecule has 0 aliphatic carbocycles. The van der Waals surface area contributed by atoms with Gasteiger partial charge in [0.1, 0.15) is 13.2 Å². The molecule has 0 heterocycles. The van der Waals surface area contributed by atoms with E-state index < -0.39 is 6.10 Å². The van der Waals surface area contributed by atoms with Crippen molar-refractivity contribution in [3.05, 3.63) is 146 Å². The van der Waals surface area contributed by atoms with Crippen molar-refractivity contribution in [3.63, 3.8) is 0 Å². The first-order chi connectivity index (χ1) is 39.0. The van der Waals surface area contributed by atoms with E-state index in [1.165, 1.54) is 77.0 Å². The average Bonchev–Trinajstić information content (AvgIpc) is 3.45. The highest BCUT2D eigenvalue weighted by Gasteiger charge is 2.19. The summed E-state index contributed by atoms with van der Waals surface area (Å²) in [5.41, 5.74) is 0. The summed E-state index contributed by atoms with van der Waals surface area (Å²) < 4.78 is 16.9. The summed E-state index contributed by atoms with van der Waals surface area (Å²) in [5, 5.41) is 0. The zero-order valence-corrected chi connectivity index (χ0v) is 51.1. The molecule has 0 aromatic heterocycles. The van der Waals surface area contributed by atoms with Crippen molar-refractivity contribution in [2.45, 2.75) is 284 Å².